The van der Waals surface area contributed by atoms with Gasteiger partial charge in [0.1, 0.15) is 12.4 Å². The average molecular weight is 411 g/mol. The van der Waals surface area contributed by atoms with Crippen molar-refractivity contribution in [2.45, 2.75) is 19.3 Å². The van der Waals surface area contributed by atoms with Gasteiger partial charge < -0.3 is 20.3 Å². The van der Waals surface area contributed by atoms with Crippen LogP contribution in [0.1, 0.15) is 19.3 Å². The topological polar surface area (TPSA) is 66.0 Å². The fraction of sp³-hybridized carbons (Fsp3) is 0.556. The molecular weight excluding hydrogens is 384 g/mol. The smallest absolute Gasteiger partial charge is 0.220 e. The van der Waals surface area contributed by atoms with E-state index in [9.17, 15) is 4.79 Å². The zero-order valence-corrected chi connectivity index (χ0v) is 16.5. The molecule has 1 aromatic carbocycles. The molecule has 7 heteroatoms. The van der Waals surface area contributed by atoms with E-state index in [1.165, 1.54) is 0 Å². The molecule has 0 spiro atoms. The first kappa shape index (κ1) is 19.6. The Morgan fingerprint density at radius 2 is 2.16 bits per heavy atom. The van der Waals surface area contributed by atoms with Crippen molar-refractivity contribution in [2.24, 2.45) is 10.9 Å². The quantitative estimate of drug-likeness (QED) is 0.428. The molecule has 0 bridgehead atoms. The van der Waals surface area contributed by atoms with Crippen LogP contribution >= 0.6 is 15.9 Å². The molecular formula is C18H27BrN4O2. The Morgan fingerprint density at radius 1 is 1.40 bits per heavy atom. The van der Waals surface area contributed by atoms with Gasteiger partial charge in [0.15, 0.2) is 5.96 Å². The van der Waals surface area contributed by atoms with E-state index in [2.05, 4.69) is 36.5 Å². The minimum absolute atomic E-state index is 0.130. The second-order valence-corrected chi connectivity index (χ2v) is 7.00. The molecule has 0 unspecified atom stereocenters. The number of hydrogen-bond donors (Lipinski definition) is 2. The van der Waals surface area contributed by atoms with Gasteiger partial charge in [-0.25, -0.2) is 0 Å². The summed E-state index contributed by atoms with van der Waals surface area (Å²) < 4.78 is 6.74. The van der Waals surface area contributed by atoms with Crippen molar-refractivity contribution in [2.75, 3.05) is 40.3 Å². The molecule has 2 N–H and O–H groups in total. The van der Waals surface area contributed by atoms with Gasteiger partial charge in [-0.15, -0.1) is 0 Å². The van der Waals surface area contributed by atoms with Crippen molar-refractivity contribution in [3.63, 3.8) is 0 Å². The van der Waals surface area contributed by atoms with Crippen LogP contribution in [-0.2, 0) is 4.79 Å². The third kappa shape index (κ3) is 6.57. The van der Waals surface area contributed by atoms with Crippen molar-refractivity contribution in [3.8, 4) is 5.75 Å². The van der Waals surface area contributed by atoms with Crippen molar-refractivity contribution < 1.29 is 9.53 Å². The Bertz CT molecular complexity index is 586. The highest BCUT2D eigenvalue weighted by atomic mass is 79.9. The van der Waals surface area contributed by atoms with Crippen LogP contribution in [-0.4, -0.2) is 57.1 Å². The largest absolute Gasteiger partial charge is 0.492 e. The van der Waals surface area contributed by atoms with E-state index < -0.39 is 0 Å². The molecule has 1 heterocycles. The van der Waals surface area contributed by atoms with Gasteiger partial charge in [0.2, 0.25) is 5.91 Å². The maximum absolute atomic E-state index is 11.5. The van der Waals surface area contributed by atoms with E-state index in [-0.39, 0.29) is 5.91 Å². The summed E-state index contributed by atoms with van der Waals surface area (Å²) in [5.41, 5.74) is 0. The van der Waals surface area contributed by atoms with Crippen molar-refractivity contribution in [1.82, 2.24) is 15.5 Å². The number of nitrogens with zero attached hydrogens (tertiary/aromatic N) is 2. The average Bonchev–Trinajstić information content (AvgIpc) is 2.63. The lowest BCUT2D eigenvalue weighted by Crippen LogP contribution is -2.46. The van der Waals surface area contributed by atoms with E-state index in [0.29, 0.717) is 25.5 Å². The van der Waals surface area contributed by atoms with Crippen molar-refractivity contribution >= 4 is 27.8 Å². The Kier molecular flexibility index (Phi) is 8.04. The predicted molar refractivity (Wildman–Crippen MR) is 104 cm³/mol. The number of benzene rings is 1. The molecule has 1 aromatic rings. The van der Waals surface area contributed by atoms with Crippen LogP contribution in [0.2, 0.25) is 0 Å². The van der Waals surface area contributed by atoms with Crippen LogP contribution in [0, 0.1) is 5.92 Å². The van der Waals surface area contributed by atoms with Crippen LogP contribution < -0.4 is 15.4 Å². The highest BCUT2D eigenvalue weighted by Gasteiger charge is 2.22. The number of hydrogen-bond acceptors (Lipinski definition) is 3. The molecule has 0 radical (unpaired) electrons. The van der Waals surface area contributed by atoms with Gasteiger partial charge in [0, 0.05) is 38.1 Å². The number of halogens is 1. The monoisotopic (exact) mass is 410 g/mol. The lowest BCUT2D eigenvalue weighted by atomic mass is 9.93. The number of rotatable bonds is 6. The fourth-order valence-corrected chi connectivity index (χ4v) is 3.31. The minimum atomic E-state index is 0.130. The number of ether oxygens (including phenoxy) is 1. The number of carbonyl (C=O) groups is 1. The Labute approximate surface area is 158 Å². The standard InChI is InChI=1S/C18H27BrN4O2/c1-20-17(24)12-14-6-9-23(10-7-14)18(21-2)22-8-11-25-16-5-3-4-15(19)13-16/h3-5,13-14H,6-12H2,1-2H3,(H,20,24)(H,21,22). The van der Waals surface area contributed by atoms with Gasteiger partial charge in [-0.2, -0.15) is 0 Å². The summed E-state index contributed by atoms with van der Waals surface area (Å²) in [5.74, 6) is 2.34. The second kappa shape index (κ2) is 10.3. The van der Waals surface area contributed by atoms with E-state index in [0.717, 1.165) is 42.1 Å². The highest BCUT2D eigenvalue weighted by molar-refractivity contribution is 9.10. The molecule has 1 fully saturated rings. The van der Waals surface area contributed by atoms with Crippen molar-refractivity contribution in [1.29, 1.82) is 0 Å². The molecule has 1 amide bonds. The zero-order valence-electron chi connectivity index (χ0n) is 14.9. The normalized spacial score (nSPS) is 15.8. The molecule has 138 valence electrons. The van der Waals surface area contributed by atoms with Crippen LogP contribution in [0.15, 0.2) is 33.7 Å². The Morgan fingerprint density at radius 3 is 2.80 bits per heavy atom. The highest BCUT2D eigenvalue weighted by Crippen LogP contribution is 2.20. The van der Waals surface area contributed by atoms with E-state index >= 15 is 0 Å². The summed E-state index contributed by atoms with van der Waals surface area (Å²) in [5, 5.41) is 6.05. The number of piperidine rings is 1. The first-order chi connectivity index (χ1) is 12.1. The molecule has 1 aliphatic heterocycles. The number of guanidine groups is 1. The zero-order chi connectivity index (χ0) is 18.1. The van der Waals surface area contributed by atoms with Gasteiger partial charge >= 0.3 is 0 Å². The van der Waals surface area contributed by atoms with Gasteiger partial charge in [-0.3, -0.25) is 9.79 Å². The fourth-order valence-electron chi connectivity index (χ4n) is 2.93. The first-order valence-corrected chi connectivity index (χ1v) is 9.46. The van der Waals surface area contributed by atoms with Crippen LogP contribution in [0.5, 0.6) is 5.75 Å². The number of nitrogens with one attached hydrogen (secondary N) is 2. The summed E-state index contributed by atoms with van der Waals surface area (Å²) >= 11 is 3.44. The molecule has 0 saturated carbocycles. The number of aliphatic imine (C=N–C) groups is 1. The van der Waals surface area contributed by atoms with Crippen molar-refractivity contribution in [3.05, 3.63) is 28.7 Å². The van der Waals surface area contributed by atoms with E-state index in [1.54, 1.807) is 14.1 Å². The SMILES string of the molecule is CN=C(NCCOc1cccc(Br)c1)N1CCC(CC(=O)NC)CC1. The van der Waals surface area contributed by atoms with Gasteiger partial charge in [0.05, 0.1) is 6.54 Å². The Hall–Kier alpha value is -1.76. The minimum Gasteiger partial charge on any atom is -0.492 e. The molecule has 0 atom stereocenters. The maximum atomic E-state index is 11.5. The van der Waals surface area contributed by atoms with E-state index in [1.807, 2.05) is 24.3 Å². The summed E-state index contributed by atoms with van der Waals surface area (Å²) in [4.78, 5) is 18.1. The van der Waals surface area contributed by atoms with Crippen LogP contribution in [0.25, 0.3) is 0 Å². The second-order valence-electron chi connectivity index (χ2n) is 6.09. The molecule has 1 aliphatic rings. The third-order valence-electron chi connectivity index (χ3n) is 4.33. The maximum Gasteiger partial charge on any atom is 0.220 e. The summed E-state index contributed by atoms with van der Waals surface area (Å²) in [6, 6.07) is 7.82. The molecule has 1 saturated heterocycles. The molecule has 0 aliphatic carbocycles. The molecule has 6 nitrogen and oxygen atoms in total. The van der Waals surface area contributed by atoms with Crippen LogP contribution in [0.4, 0.5) is 0 Å². The molecule has 0 aromatic heterocycles. The lowest BCUT2D eigenvalue weighted by molar-refractivity contribution is -0.121. The number of carbonyl (C=O) groups excluding carboxylic acids is 1. The van der Waals surface area contributed by atoms with Gasteiger partial charge in [-0.05, 0) is 37.0 Å². The third-order valence-corrected chi connectivity index (χ3v) is 4.82. The Balaban J connectivity index is 1.69. The summed E-state index contributed by atoms with van der Waals surface area (Å²) in [6.45, 7) is 3.11. The molecule has 2 rings (SSSR count). The lowest BCUT2D eigenvalue weighted by Gasteiger charge is -2.34. The van der Waals surface area contributed by atoms with Gasteiger partial charge in [-0.1, -0.05) is 22.0 Å². The van der Waals surface area contributed by atoms with Crippen LogP contribution in [0.3, 0.4) is 0 Å². The summed E-state index contributed by atoms with van der Waals surface area (Å²) in [7, 11) is 3.49. The van der Waals surface area contributed by atoms with E-state index in [4.69, 9.17) is 4.74 Å². The summed E-state index contributed by atoms with van der Waals surface area (Å²) in [6.07, 6.45) is 2.65. The number of likely N-dealkylation sites (tertiary alicyclic amines) is 1. The molecule has 25 heavy (non-hydrogen) atoms. The van der Waals surface area contributed by atoms with Gasteiger partial charge in [0.25, 0.3) is 0 Å². The first-order valence-electron chi connectivity index (χ1n) is 8.67. The number of amides is 1. The predicted octanol–water partition coefficient (Wildman–Crippen LogP) is 2.25.